The summed E-state index contributed by atoms with van der Waals surface area (Å²) in [6, 6.07) is 1.44. The van der Waals surface area contributed by atoms with Crippen LogP contribution in [0.15, 0.2) is 0 Å². The van der Waals surface area contributed by atoms with Crippen molar-refractivity contribution < 1.29 is 4.74 Å². The molecule has 0 bridgehead atoms. The highest BCUT2D eigenvalue weighted by Gasteiger charge is 2.33. The Morgan fingerprint density at radius 1 is 0.737 bits per heavy atom. The average molecular weight is 265 g/mol. The number of hydrogen-bond acceptors (Lipinski definition) is 2. The molecule has 2 nitrogen and oxygen atoms in total. The van der Waals surface area contributed by atoms with E-state index in [9.17, 15) is 0 Å². The molecule has 1 N–H and O–H groups in total. The van der Waals surface area contributed by atoms with Gasteiger partial charge in [0.1, 0.15) is 0 Å². The molecule has 3 fully saturated rings. The lowest BCUT2D eigenvalue weighted by atomic mass is 9.70. The Bertz CT molecular complexity index is 256. The van der Waals surface area contributed by atoms with E-state index in [2.05, 4.69) is 5.32 Å². The summed E-state index contributed by atoms with van der Waals surface area (Å²) in [7, 11) is 0. The van der Waals surface area contributed by atoms with Crippen LogP contribution in [0.4, 0.5) is 0 Å². The molecule has 0 aromatic carbocycles. The molecule has 3 rings (SSSR count). The molecule has 3 unspecified atom stereocenters. The maximum absolute atomic E-state index is 5.64. The molecule has 2 heteroatoms. The van der Waals surface area contributed by atoms with Gasteiger partial charge < -0.3 is 10.1 Å². The molecule has 0 amide bonds. The first-order valence-corrected chi connectivity index (χ1v) is 8.77. The number of hydrogen-bond donors (Lipinski definition) is 1. The maximum Gasteiger partial charge on any atom is 0.0619 e. The van der Waals surface area contributed by atoms with Gasteiger partial charge >= 0.3 is 0 Å². The third-order valence-electron chi connectivity index (χ3n) is 5.68. The lowest BCUT2D eigenvalue weighted by Crippen LogP contribution is -2.49. The summed E-state index contributed by atoms with van der Waals surface area (Å²) >= 11 is 0. The summed E-state index contributed by atoms with van der Waals surface area (Å²) in [5, 5.41) is 3.98. The Hall–Kier alpha value is -0.0800. The van der Waals surface area contributed by atoms with Gasteiger partial charge in [0.25, 0.3) is 0 Å². The Morgan fingerprint density at radius 3 is 2.32 bits per heavy atom. The highest BCUT2D eigenvalue weighted by Crippen LogP contribution is 2.38. The highest BCUT2D eigenvalue weighted by atomic mass is 16.5. The molecule has 0 aromatic rings. The third-order valence-corrected chi connectivity index (χ3v) is 5.68. The van der Waals surface area contributed by atoms with Crippen molar-refractivity contribution in [3.8, 4) is 0 Å². The first-order chi connectivity index (χ1) is 9.43. The molecular weight excluding hydrogens is 234 g/mol. The smallest absolute Gasteiger partial charge is 0.0619 e. The molecule has 1 aliphatic heterocycles. The molecule has 0 aromatic heterocycles. The van der Waals surface area contributed by atoms with Gasteiger partial charge in [-0.15, -0.1) is 0 Å². The van der Waals surface area contributed by atoms with Crippen molar-refractivity contribution in [2.75, 3.05) is 13.2 Å². The fourth-order valence-electron chi connectivity index (χ4n) is 4.67. The third kappa shape index (κ3) is 3.72. The second-order valence-corrected chi connectivity index (χ2v) is 7.03. The monoisotopic (exact) mass is 265 g/mol. The quantitative estimate of drug-likeness (QED) is 0.836. The summed E-state index contributed by atoms with van der Waals surface area (Å²) < 4.78 is 5.64. The second-order valence-electron chi connectivity index (χ2n) is 7.03. The standard InChI is InChI=1S/C17H31NO/c1-2-7-14(8-3-1)16-10-4-5-11-17(16)18-15-9-6-12-19-13-15/h14-18H,1-13H2. The van der Waals surface area contributed by atoms with Crippen molar-refractivity contribution in [3.05, 3.63) is 0 Å². The van der Waals surface area contributed by atoms with Gasteiger partial charge in [0.05, 0.1) is 6.61 Å². The molecule has 19 heavy (non-hydrogen) atoms. The van der Waals surface area contributed by atoms with Crippen molar-refractivity contribution >= 4 is 0 Å². The molecule has 3 aliphatic rings. The van der Waals surface area contributed by atoms with E-state index in [0.29, 0.717) is 6.04 Å². The van der Waals surface area contributed by atoms with Crippen molar-refractivity contribution in [3.63, 3.8) is 0 Å². The minimum atomic E-state index is 0.642. The van der Waals surface area contributed by atoms with Crippen LogP contribution in [0.1, 0.15) is 70.6 Å². The second kappa shape index (κ2) is 7.08. The van der Waals surface area contributed by atoms with Crippen LogP contribution in [0.5, 0.6) is 0 Å². The zero-order valence-electron chi connectivity index (χ0n) is 12.4. The Morgan fingerprint density at radius 2 is 1.53 bits per heavy atom. The van der Waals surface area contributed by atoms with E-state index < -0.39 is 0 Å². The van der Waals surface area contributed by atoms with Gasteiger partial charge in [-0.25, -0.2) is 0 Å². The molecule has 3 atom stereocenters. The van der Waals surface area contributed by atoms with Gasteiger partial charge in [0.2, 0.25) is 0 Å². The fraction of sp³-hybridized carbons (Fsp3) is 1.00. The fourth-order valence-corrected chi connectivity index (χ4v) is 4.67. The Labute approximate surface area is 118 Å². The zero-order valence-corrected chi connectivity index (χ0v) is 12.4. The van der Waals surface area contributed by atoms with Gasteiger partial charge in [0.15, 0.2) is 0 Å². The molecule has 2 aliphatic carbocycles. The van der Waals surface area contributed by atoms with Gasteiger partial charge in [-0.05, 0) is 37.5 Å². The van der Waals surface area contributed by atoms with Crippen LogP contribution in [0.25, 0.3) is 0 Å². The molecular formula is C17H31NO. The predicted octanol–water partition coefficient (Wildman–Crippen LogP) is 3.89. The van der Waals surface area contributed by atoms with Crippen LogP contribution in [0.3, 0.4) is 0 Å². The Balaban J connectivity index is 1.56. The van der Waals surface area contributed by atoms with Crippen LogP contribution >= 0.6 is 0 Å². The van der Waals surface area contributed by atoms with Gasteiger partial charge in [-0.3, -0.25) is 0 Å². The molecule has 110 valence electrons. The maximum atomic E-state index is 5.64. The lowest BCUT2D eigenvalue weighted by Gasteiger charge is -2.41. The molecule has 2 saturated carbocycles. The normalized spacial score (nSPS) is 38.2. The van der Waals surface area contributed by atoms with Crippen molar-refractivity contribution in [2.45, 2.75) is 82.7 Å². The van der Waals surface area contributed by atoms with Gasteiger partial charge in [-0.2, -0.15) is 0 Å². The first-order valence-electron chi connectivity index (χ1n) is 8.77. The minimum absolute atomic E-state index is 0.642. The average Bonchev–Trinajstić information content (AvgIpc) is 2.50. The zero-order chi connectivity index (χ0) is 12.9. The van der Waals surface area contributed by atoms with Crippen LogP contribution in [-0.4, -0.2) is 25.3 Å². The summed E-state index contributed by atoms with van der Waals surface area (Å²) in [4.78, 5) is 0. The van der Waals surface area contributed by atoms with E-state index in [-0.39, 0.29) is 0 Å². The van der Waals surface area contributed by atoms with Crippen LogP contribution in [0.2, 0.25) is 0 Å². The minimum Gasteiger partial charge on any atom is -0.380 e. The Kier molecular flexibility index (Phi) is 5.17. The van der Waals surface area contributed by atoms with E-state index in [0.717, 1.165) is 31.1 Å². The van der Waals surface area contributed by atoms with E-state index in [1.54, 1.807) is 0 Å². The van der Waals surface area contributed by atoms with E-state index in [4.69, 9.17) is 4.74 Å². The summed E-state index contributed by atoms with van der Waals surface area (Å²) in [6.45, 7) is 1.93. The van der Waals surface area contributed by atoms with Crippen molar-refractivity contribution in [1.82, 2.24) is 5.32 Å². The van der Waals surface area contributed by atoms with E-state index >= 15 is 0 Å². The van der Waals surface area contributed by atoms with Crippen molar-refractivity contribution in [1.29, 1.82) is 0 Å². The van der Waals surface area contributed by atoms with Crippen LogP contribution in [-0.2, 0) is 4.74 Å². The SMILES string of the molecule is C1CCC(C2CCCCC2NC2CCCOC2)CC1. The molecule has 1 saturated heterocycles. The molecule has 0 radical (unpaired) electrons. The number of nitrogens with one attached hydrogen (secondary N) is 1. The summed E-state index contributed by atoms with van der Waals surface area (Å²) in [6.07, 6.45) is 15.8. The lowest BCUT2D eigenvalue weighted by molar-refractivity contribution is 0.0525. The number of ether oxygens (including phenoxy) is 1. The highest BCUT2D eigenvalue weighted by molar-refractivity contribution is 4.89. The van der Waals surface area contributed by atoms with Crippen LogP contribution in [0, 0.1) is 11.8 Å². The van der Waals surface area contributed by atoms with Crippen LogP contribution < -0.4 is 5.32 Å². The number of rotatable bonds is 3. The molecule has 1 heterocycles. The van der Waals surface area contributed by atoms with Gasteiger partial charge in [0, 0.05) is 18.7 Å². The largest absolute Gasteiger partial charge is 0.380 e. The topological polar surface area (TPSA) is 21.3 Å². The molecule has 0 spiro atoms. The van der Waals surface area contributed by atoms with E-state index in [1.165, 1.54) is 70.6 Å². The van der Waals surface area contributed by atoms with E-state index in [1.807, 2.05) is 0 Å². The van der Waals surface area contributed by atoms with Gasteiger partial charge in [-0.1, -0.05) is 44.9 Å². The first kappa shape index (κ1) is 13.9. The summed E-state index contributed by atoms with van der Waals surface area (Å²) in [5.41, 5.74) is 0. The summed E-state index contributed by atoms with van der Waals surface area (Å²) in [5.74, 6) is 1.99. The van der Waals surface area contributed by atoms with Crippen molar-refractivity contribution in [2.24, 2.45) is 11.8 Å². The predicted molar refractivity (Wildman–Crippen MR) is 79.3 cm³/mol.